The van der Waals surface area contributed by atoms with Gasteiger partial charge in [-0.15, -0.1) is 0 Å². The Hall–Kier alpha value is -1.64. The number of aryl methyl sites for hydroxylation is 1. The van der Waals surface area contributed by atoms with Crippen molar-refractivity contribution >= 4 is 5.91 Å². The molecule has 1 aromatic carbocycles. The second-order valence-corrected chi connectivity index (χ2v) is 5.50. The van der Waals surface area contributed by atoms with Crippen LogP contribution < -0.4 is 0 Å². The van der Waals surface area contributed by atoms with Gasteiger partial charge in [0.05, 0.1) is 0 Å². The molecule has 0 spiro atoms. The Morgan fingerprint density at radius 3 is 2.72 bits per heavy atom. The standard InChI is InChI=1S/C15H18FNO/c1-10-6-5-7-12-9-17(14(18)11(2)16)15(3,4)8-13(10)12/h5-7H,2,8-9H2,1,3-4H3. The molecule has 0 unspecified atom stereocenters. The number of hydrogen-bond donors (Lipinski definition) is 0. The lowest BCUT2D eigenvalue weighted by molar-refractivity contribution is -0.135. The highest BCUT2D eigenvalue weighted by Crippen LogP contribution is 2.33. The Kier molecular flexibility index (Phi) is 3.01. The topological polar surface area (TPSA) is 20.3 Å². The van der Waals surface area contributed by atoms with Gasteiger partial charge < -0.3 is 4.90 Å². The van der Waals surface area contributed by atoms with Gasteiger partial charge in [-0.3, -0.25) is 4.79 Å². The molecule has 1 amide bonds. The second-order valence-electron chi connectivity index (χ2n) is 5.50. The molecule has 0 saturated carbocycles. The van der Waals surface area contributed by atoms with E-state index >= 15 is 0 Å². The van der Waals surface area contributed by atoms with Crippen LogP contribution in [0.25, 0.3) is 0 Å². The van der Waals surface area contributed by atoms with Crippen LogP contribution in [-0.2, 0) is 17.8 Å². The fraction of sp³-hybridized carbons (Fsp3) is 0.400. The smallest absolute Gasteiger partial charge is 0.282 e. The Morgan fingerprint density at radius 2 is 2.11 bits per heavy atom. The number of carbonyl (C=O) groups excluding carboxylic acids is 1. The first-order valence-corrected chi connectivity index (χ1v) is 6.06. The van der Waals surface area contributed by atoms with Gasteiger partial charge >= 0.3 is 0 Å². The maximum Gasteiger partial charge on any atom is 0.282 e. The van der Waals surface area contributed by atoms with E-state index in [0.717, 1.165) is 12.0 Å². The highest BCUT2D eigenvalue weighted by molar-refractivity contribution is 5.91. The summed E-state index contributed by atoms with van der Waals surface area (Å²) in [5.74, 6) is -1.49. The van der Waals surface area contributed by atoms with Crippen molar-refractivity contribution in [3.05, 3.63) is 47.3 Å². The summed E-state index contributed by atoms with van der Waals surface area (Å²) in [6.07, 6.45) is 0.744. The number of halogens is 1. The Bertz CT molecular complexity index is 519. The van der Waals surface area contributed by atoms with Crippen molar-refractivity contribution in [2.75, 3.05) is 0 Å². The minimum absolute atomic E-state index is 0.384. The highest BCUT2D eigenvalue weighted by atomic mass is 19.1. The normalized spacial score (nSPS) is 17.2. The molecular weight excluding hydrogens is 229 g/mol. The number of hydrogen-bond acceptors (Lipinski definition) is 1. The van der Waals surface area contributed by atoms with Gasteiger partial charge in [-0.1, -0.05) is 24.8 Å². The fourth-order valence-corrected chi connectivity index (χ4v) is 2.57. The first-order valence-electron chi connectivity index (χ1n) is 6.06. The molecule has 0 radical (unpaired) electrons. The maximum absolute atomic E-state index is 13.1. The summed E-state index contributed by atoms with van der Waals surface area (Å²) in [7, 11) is 0. The van der Waals surface area contributed by atoms with Crippen LogP contribution in [0.1, 0.15) is 30.5 Å². The number of amides is 1. The summed E-state index contributed by atoms with van der Waals surface area (Å²) in [6.45, 7) is 9.55. The van der Waals surface area contributed by atoms with E-state index in [2.05, 4.69) is 19.6 Å². The van der Waals surface area contributed by atoms with Gasteiger partial charge in [-0.05, 0) is 43.9 Å². The van der Waals surface area contributed by atoms with Gasteiger partial charge in [-0.25, -0.2) is 4.39 Å². The van der Waals surface area contributed by atoms with Crippen molar-refractivity contribution < 1.29 is 9.18 Å². The summed E-state index contributed by atoms with van der Waals surface area (Å²) < 4.78 is 13.1. The van der Waals surface area contributed by atoms with Crippen molar-refractivity contribution in [3.63, 3.8) is 0 Å². The molecule has 0 atom stereocenters. The number of rotatable bonds is 1. The fourth-order valence-electron chi connectivity index (χ4n) is 2.57. The lowest BCUT2D eigenvalue weighted by Gasteiger charge is -2.43. The third-order valence-electron chi connectivity index (χ3n) is 3.65. The number of nitrogens with zero attached hydrogens (tertiary/aromatic N) is 1. The molecule has 18 heavy (non-hydrogen) atoms. The van der Waals surface area contributed by atoms with Crippen LogP contribution in [-0.4, -0.2) is 16.3 Å². The third kappa shape index (κ3) is 2.05. The van der Waals surface area contributed by atoms with Crippen molar-refractivity contribution in [2.45, 2.75) is 39.3 Å². The average molecular weight is 247 g/mol. The van der Waals surface area contributed by atoms with Crippen LogP contribution >= 0.6 is 0 Å². The van der Waals surface area contributed by atoms with E-state index < -0.39 is 11.7 Å². The number of carbonyl (C=O) groups is 1. The van der Waals surface area contributed by atoms with Crippen molar-refractivity contribution in [1.29, 1.82) is 0 Å². The summed E-state index contributed by atoms with van der Waals surface area (Å²) in [5, 5.41) is 0. The minimum atomic E-state index is -0.890. The van der Waals surface area contributed by atoms with Gasteiger partial charge in [-0.2, -0.15) is 0 Å². The van der Waals surface area contributed by atoms with E-state index in [-0.39, 0.29) is 5.54 Å². The van der Waals surface area contributed by atoms with Crippen molar-refractivity contribution in [2.24, 2.45) is 0 Å². The molecule has 0 N–H and O–H groups in total. The molecule has 0 aliphatic carbocycles. The SMILES string of the molecule is C=C(F)C(=O)N1Cc2cccc(C)c2CC1(C)C. The molecule has 1 aromatic rings. The van der Waals surface area contributed by atoms with Crippen LogP contribution in [0.5, 0.6) is 0 Å². The summed E-state index contributed by atoms with van der Waals surface area (Å²) in [6, 6.07) is 6.04. The molecular formula is C15H18FNO. The Morgan fingerprint density at radius 1 is 1.44 bits per heavy atom. The highest BCUT2D eigenvalue weighted by Gasteiger charge is 2.37. The molecule has 96 valence electrons. The van der Waals surface area contributed by atoms with Crippen molar-refractivity contribution in [1.82, 2.24) is 4.90 Å². The summed E-state index contributed by atoms with van der Waals surface area (Å²) >= 11 is 0. The first-order chi connectivity index (χ1) is 8.33. The van der Waals surface area contributed by atoms with Crippen LogP contribution in [0.3, 0.4) is 0 Å². The number of benzene rings is 1. The van der Waals surface area contributed by atoms with Gasteiger partial charge in [0.1, 0.15) is 0 Å². The zero-order valence-electron chi connectivity index (χ0n) is 11.1. The van der Waals surface area contributed by atoms with Gasteiger partial charge in [0, 0.05) is 12.1 Å². The van der Waals surface area contributed by atoms with Crippen LogP contribution in [0.2, 0.25) is 0 Å². The van der Waals surface area contributed by atoms with Crippen LogP contribution in [0, 0.1) is 6.92 Å². The lowest BCUT2D eigenvalue weighted by atomic mass is 9.83. The zero-order chi connectivity index (χ0) is 13.5. The quantitative estimate of drug-likeness (QED) is 0.698. The largest absolute Gasteiger partial charge is 0.327 e. The van der Waals surface area contributed by atoms with Gasteiger partial charge in [0.2, 0.25) is 0 Å². The molecule has 0 aromatic heterocycles. The molecule has 3 heteroatoms. The molecule has 1 aliphatic rings. The Labute approximate surface area is 107 Å². The van der Waals surface area contributed by atoms with E-state index in [0.29, 0.717) is 6.54 Å². The van der Waals surface area contributed by atoms with Crippen LogP contribution in [0.15, 0.2) is 30.6 Å². The monoisotopic (exact) mass is 247 g/mol. The zero-order valence-corrected chi connectivity index (χ0v) is 11.1. The van der Waals surface area contributed by atoms with E-state index in [1.807, 2.05) is 26.0 Å². The van der Waals surface area contributed by atoms with E-state index in [9.17, 15) is 9.18 Å². The molecule has 0 saturated heterocycles. The predicted molar refractivity (Wildman–Crippen MR) is 69.8 cm³/mol. The summed E-state index contributed by atoms with van der Waals surface area (Å²) in [5.41, 5.74) is 3.22. The first kappa shape index (κ1) is 12.8. The Balaban J connectivity index is 2.43. The second kappa shape index (κ2) is 4.23. The third-order valence-corrected chi connectivity index (χ3v) is 3.65. The molecule has 2 nitrogen and oxygen atoms in total. The lowest BCUT2D eigenvalue weighted by Crippen LogP contribution is -2.51. The maximum atomic E-state index is 13.1. The van der Waals surface area contributed by atoms with Crippen LogP contribution in [0.4, 0.5) is 4.39 Å². The van der Waals surface area contributed by atoms with E-state index in [1.54, 1.807) is 4.90 Å². The number of fused-ring (bicyclic) bond motifs is 1. The van der Waals surface area contributed by atoms with E-state index in [1.165, 1.54) is 11.1 Å². The molecule has 0 bridgehead atoms. The van der Waals surface area contributed by atoms with E-state index in [4.69, 9.17) is 0 Å². The van der Waals surface area contributed by atoms with Gasteiger partial charge in [0.25, 0.3) is 5.91 Å². The average Bonchev–Trinajstić information content (AvgIpc) is 2.28. The van der Waals surface area contributed by atoms with Gasteiger partial charge in [0.15, 0.2) is 5.83 Å². The molecule has 2 rings (SSSR count). The summed E-state index contributed by atoms with van der Waals surface area (Å²) in [4.78, 5) is 13.4. The predicted octanol–water partition coefficient (Wildman–Crippen LogP) is 3.14. The van der Waals surface area contributed by atoms with Crippen molar-refractivity contribution in [3.8, 4) is 0 Å². The molecule has 1 heterocycles. The molecule has 0 fully saturated rings. The molecule has 1 aliphatic heterocycles. The minimum Gasteiger partial charge on any atom is -0.327 e.